The molecular formula is C11H22N2O3. The first kappa shape index (κ1) is 13.3. The van der Waals surface area contributed by atoms with Crippen LogP contribution in [0, 0.1) is 0 Å². The van der Waals surface area contributed by atoms with E-state index in [4.69, 9.17) is 9.84 Å². The summed E-state index contributed by atoms with van der Waals surface area (Å²) in [5.41, 5.74) is 0. The van der Waals surface area contributed by atoms with Gasteiger partial charge < -0.3 is 20.1 Å². The maximum absolute atomic E-state index is 10.5. The van der Waals surface area contributed by atoms with Gasteiger partial charge in [0, 0.05) is 25.7 Å². The van der Waals surface area contributed by atoms with E-state index in [1.165, 1.54) is 0 Å². The summed E-state index contributed by atoms with van der Waals surface area (Å²) in [4.78, 5) is 12.8. The highest BCUT2D eigenvalue weighted by atomic mass is 16.5. The Morgan fingerprint density at radius 1 is 1.44 bits per heavy atom. The van der Waals surface area contributed by atoms with Gasteiger partial charge in [0.1, 0.15) is 0 Å². The zero-order valence-corrected chi connectivity index (χ0v) is 10.1. The number of amides is 1. The van der Waals surface area contributed by atoms with Crippen LogP contribution in [0.5, 0.6) is 0 Å². The maximum atomic E-state index is 10.5. The zero-order chi connectivity index (χ0) is 12.0. The standard InChI is InChI=1S/C11H22N2O3/c1-13(7-8-16-2)10-5-3-9(4-6-10)12-11(14)15/h9-10,12H,3-8H2,1-2H3,(H,14,15). The molecule has 1 amide bonds. The molecule has 94 valence electrons. The van der Waals surface area contributed by atoms with Crippen molar-refractivity contribution in [2.24, 2.45) is 0 Å². The van der Waals surface area contributed by atoms with E-state index in [1.54, 1.807) is 7.11 Å². The van der Waals surface area contributed by atoms with E-state index in [0.29, 0.717) is 6.04 Å². The van der Waals surface area contributed by atoms with Gasteiger partial charge in [0.2, 0.25) is 0 Å². The first-order chi connectivity index (χ1) is 7.63. The van der Waals surface area contributed by atoms with Gasteiger partial charge in [-0.25, -0.2) is 4.79 Å². The van der Waals surface area contributed by atoms with Gasteiger partial charge >= 0.3 is 6.09 Å². The second-order valence-corrected chi connectivity index (χ2v) is 4.43. The van der Waals surface area contributed by atoms with Crippen molar-refractivity contribution in [2.45, 2.75) is 37.8 Å². The molecule has 0 bridgehead atoms. The molecule has 0 spiro atoms. The Hall–Kier alpha value is -0.810. The minimum atomic E-state index is -0.906. The lowest BCUT2D eigenvalue weighted by molar-refractivity contribution is 0.116. The third-order valence-corrected chi connectivity index (χ3v) is 3.30. The molecule has 16 heavy (non-hydrogen) atoms. The van der Waals surface area contributed by atoms with Crippen LogP contribution in [0.3, 0.4) is 0 Å². The monoisotopic (exact) mass is 230 g/mol. The Labute approximate surface area is 96.8 Å². The molecular weight excluding hydrogens is 208 g/mol. The first-order valence-corrected chi connectivity index (χ1v) is 5.82. The van der Waals surface area contributed by atoms with Gasteiger partial charge in [-0.2, -0.15) is 0 Å². The third kappa shape index (κ3) is 4.37. The topological polar surface area (TPSA) is 61.8 Å². The van der Waals surface area contributed by atoms with E-state index in [2.05, 4.69) is 17.3 Å². The summed E-state index contributed by atoms with van der Waals surface area (Å²) >= 11 is 0. The number of carboxylic acid groups (broad SMARTS) is 1. The molecule has 0 radical (unpaired) electrons. The highest BCUT2D eigenvalue weighted by molar-refractivity contribution is 5.64. The fourth-order valence-electron chi connectivity index (χ4n) is 2.25. The summed E-state index contributed by atoms with van der Waals surface area (Å²) in [5, 5.41) is 11.2. The number of hydrogen-bond acceptors (Lipinski definition) is 3. The summed E-state index contributed by atoms with van der Waals surface area (Å²) in [5.74, 6) is 0. The lowest BCUT2D eigenvalue weighted by Gasteiger charge is -2.34. The SMILES string of the molecule is COCCN(C)C1CCC(NC(=O)O)CC1. The Morgan fingerprint density at radius 3 is 2.56 bits per heavy atom. The van der Waals surface area contributed by atoms with Crippen LogP contribution in [0.1, 0.15) is 25.7 Å². The van der Waals surface area contributed by atoms with Crippen molar-refractivity contribution in [1.29, 1.82) is 0 Å². The van der Waals surface area contributed by atoms with E-state index < -0.39 is 6.09 Å². The number of hydrogen-bond donors (Lipinski definition) is 2. The van der Waals surface area contributed by atoms with Gasteiger partial charge in [0.15, 0.2) is 0 Å². The molecule has 0 aliphatic heterocycles. The van der Waals surface area contributed by atoms with E-state index in [1.807, 2.05) is 0 Å². The van der Waals surface area contributed by atoms with Crippen molar-refractivity contribution in [3.8, 4) is 0 Å². The van der Waals surface area contributed by atoms with Crippen LogP contribution in [0.4, 0.5) is 4.79 Å². The van der Waals surface area contributed by atoms with Gasteiger partial charge in [0.05, 0.1) is 6.61 Å². The van der Waals surface area contributed by atoms with Gasteiger partial charge in [-0.3, -0.25) is 0 Å². The van der Waals surface area contributed by atoms with Crippen LogP contribution in [-0.2, 0) is 4.74 Å². The van der Waals surface area contributed by atoms with Crippen LogP contribution in [0.15, 0.2) is 0 Å². The smallest absolute Gasteiger partial charge is 0.404 e. The number of nitrogens with zero attached hydrogens (tertiary/aromatic N) is 1. The zero-order valence-electron chi connectivity index (χ0n) is 10.1. The lowest BCUT2D eigenvalue weighted by atomic mass is 9.90. The summed E-state index contributed by atoms with van der Waals surface area (Å²) < 4.78 is 5.05. The second kappa shape index (κ2) is 6.70. The van der Waals surface area contributed by atoms with Crippen molar-refractivity contribution in [1.82, 2.24) is 10.2 Å². The molecule has 5 heteroatoms. The Morgan fingerprint density at radius 2 is 2.06 bits per heavy atom. The second-order valence-electron chi connectivity index (χ2n) is 4.43. The number of carbonyl (C=O) groups is 1. The summed E-state index contributed by atoms with van der Waals surface area (Å²) in [6.45, 7) is 1.70. The van der Waals surface area contributed by atoms with Crippen molar-refractivity contribution in [3.05, 3.63) is 0 Å². The highest BCUT2D eigenvalue weighted by Crippen LogP contribution is 2.22. The van der Waals surface area contributed by atoms with E-state index >= 15 is 0 Å². The normalized spacial score (nSPS) is 25.7. The quantitative estimate of drug-likeness (QED) is 0.743. The summed E-state index contributed by atoms with van der Waals surface area (Å²) in [6, 6.07) is 0.714. The molecule has 5 nitrogen and oxygen atoms in total. The molecule has 1 rings (SSSR count). The third-order valence-electron chi connectivity index (χ3n) is 3.30. The van der Waals surface area contributed by atoms with E-state index in [0.717, 1.165) is 38.8 Å². The molecule has 1 fully saturated rings. The number of methoxy groups -OCH3 is 1. The number of nitrogens with one attached hydrogen (secondary N) is 1. The van der Waals surface area contributed by atoms with Gasteiger partial charge in [0.25, 0.3) is 0 Å². The fourth-order valence-corrected chi connectivity index (χ4v) is 2.25. The maximum Gasteiger partial charge on any atom is 0.404 e. The predicted molar refractivity (Wildman–Crippen MR) is 61.7 cm³/mol. The minimum Gasteiger partial charge on any atom is -0.465 e. The van der Waals surface area contributed by atoms with Crippen molar-refractivity contribution >= 4 is 6.09 Å². The molecule has 0 aromatic carbocycles. The van der Waals surface area contributed by atoms with Gasteiger partial charge in [-0.15, -0.1) is 0 Å². The van der Waals surface area contributed by atoms with Gasteiger partial charge in [-0.05, 0) is 32.7 Å². The molecule has 0 aromatic heterocycles. The number of likely N-dealkylation sites (N-methyl/N-ethyl adjacent to an activating group) is 1. The van der Waals surface area contributed by atoms with Crippen molar-refractivity contribution < 1.29 is 14.6 Å². The average molecular weight is 230 g/mol. The molecule has 1 aliphatic rings. The van der Waals surface area contributed by atoms with Crippen LogP contribution < -0.4 is 5.32 Å². The lowest BCUT2D eigenvalue weighted by Crippen LogP contribution is -2.43. The number of ether oxygens (including phenoxy) is 1. The summed E-state index contributed by atoms with van der Waals surface area (Å²) in [6.07, 6.45) is 3.09. The van der Waals surface area contributed by atoms with Crippen molar-refractivity contribution in [3.63, 3.8) is 0 Å². The predicted octanol–water partition coefficient (Wildman–Crippen LogP) is 1.14. The van der Waals surface area contributed by atoms with Crippen LogP contribution in [0.2, 0.25) is 0 Å². The average Bonchev–Trinajstić information content (AvgIpc) is 2.26. The molecule has 0 unspecified atom stereocenters. The molecule has 1 saturated carbocycles. The van der Waals surface area contributed by atoms with Crippen LogP contribution in [-0.4, -0.2) is 55.5 Å². The Kier molecular flexibility index (Phi) is 5.55. The molecule has 0 saturated heterocycles. The van der Waals surface area contributed by atoms with E-state index in [9.17, 15) is 4.79 Å². The van der Waals surface area contributed by atoms with Crippen LogP contribution >= 0.6 is 0 Å². The Balaban J connectivity index is 2.23. The number of rotatable bonds is 5. The Bertz CT molecular complexity index is 215. The molecule has 0 aromatic rings. The molecule has 0 heterocycles. The van der Waals surface area contributed by atoms with Crippen molar-refractivity contribution in [2.75, 3.05) is 27.3 Å². The highest BCUT2D eigenvalue weighted by Gasteiger charge is 2.24. The largest absolute Gasteiger partial charge is 0.465 e. The molecule has 2 N–H and O–H groups in total. The van der Waals surface area contributed by atoms with Gasteiger partial charge in [-0.1, -0.05) is 0 Å². The fraction of sp³-hybridized carbons (Fsp3) is 0.909. The summed E-state index contributed by atoms with van der Waals surface area (Å²) in [7, 11) is 3.82. The first-order valence-electron chi connectivity index (χ1n) is 5.82. The van der Waals surface area contributed by atoms with Crippen LogP contribution in [0.25, 0.3) is 0 Å². The van der Waals surface area contributed by atoms with E-state index in [-0.39, 0.29) is 6.04 Å². The molecule has 1 aliphatic carbocycles. The minimum absolute atomic E-state index is 0.143. The molecule has 0 atom stereocenters.